The van der Waals surface area contributed by atoms with Crippen LogP contribution in [0.2, 0.25) is 0 Å². The van der Waals surface area contributed by atoms with Crippen molar-refractivity contribution in [3.63, 3.8) is 0 Å². The number of nitrogens with zero attached hydrogens (tertiary/aromatic N) is 8. The highest BCUT2D eigenvalue weighted by Crippen LogP contribution is 2.42. The number of aromatic hydroxyl groups is 1. The van der Waals surface area contributed by atoms with E-state index in [2.05, 4.69) is 31.2 Å². The molecule has 12 bridgehead atoms. The fourth-order valence-corrected chi connectivity index (χ4v) is 13.3. The summed E-state index contributed by atoms with van der Waals surface area (Å²) in [6.07, 6.45) is -5.21. The molecule has 3 aliphatic heterocycles. The maximum absolute atomic E-state index is 14.6. The number of esters is 2. The molecular formula is C51H48N12O14S5. The Labute approximate surface area is 484 Å². The van der Waals surface area contributed by atoms with Crippen molar-refractivity contribution in [3.05, 3.63) is 106 Å². The van der Waals surface area contributed by atoms with E-state index in [0.29, 0.717) is 32.4 Å². The van der Waals surface area contributed by atoms with Crippen molar-refractivity contribution in [1.82, 2.24) is 60.8 Å². The molecule has 82 heavy (non-hydrogen) atoms. The van der Waals surface area contributed by atoms with E-state index in [-0.39, 0.29) is 89.8 Å². The maximum Gasteiger partial charge on any atom is 0.358 e. The number of carbonyl (C=O) groups excluding carboxylic acids is 5. The summed E-state index contributed by atoms with van der Waals surface area (Å²) in [5, 5.41) is 66.7. The average Bonchev–Trinajstić information content (AvgIpc) is 3.85. The Hall–Kier alpha value is -7.85. The number of rotatable bonds is 5. The van der Waals surface area contributed by atoms with Crippen molar-refractivity contribution in [3.8, 4) is 44.3 Å². The number of hydrogen-bond donors (Lipinski definition) is 8. The minimum Gasteiger partial charge on any atom is -0.506 e. The Balaban J connectivity index is 1.08. The minimum atomic E-state index is -2.15. The lowest BCUT2D eigenvalue weighted by atomic mass is 10.0. The number of aromatic nitrogens is 7. The number of pyridine rings is 1. The summed E-state index contributed by atoms with van der Waals surface area (Å²) < 4.78 is 30.1. The average molecular weight is 1210 g/mol. The summed E-state index contributed by atoms with van der Waals surface area (Å²) >= 11 is 5.32. The minimum absolute atomic E-state index is 0.0362. The number of cyclic esters (lactones) is 2. The number of allylic oxidation sites excluding steroid dienone is 1. The standard InChI is InChI=1S/C51H48N12O14S5/c1-20(64)34-44(69)60-35(21(2)73-5)47-56-29(17-80-47)43(68)61-38-41-40(66)51(71)75-11-22-7-6-8-30-33(22)25(12-74-41)39(63(30)72)50(70)76-13-26(54-42(67)28-16-81-49(38)57-28)46-55-27(15-79-46)36-24(45-58-32(18-82-45)77-19-52-34)9-31(65)37(59-36)48-53-23(14-78-48)10-62(3)4/h6-9,14-18,20,26,34,38,40-41,52,64-66,72H,10-13,19H2,1-5H3,(H,54,67)(H,60,69)(H,61,68)/b35-21+/t20-,26+,34+,38+,40+,41+/m1/s1. The SMILES string of the molecule is CO/C(C)=C1/NC(=O)[C@H]([C@@H](C)O)NCOc2csc(n2)-c2cc(O)c(-c3nc(CN(C)C)cs3)nc2-c2csc(n2)[C@@H]2COC(=O)c3c4c5c(cccc5n3O)COC(=O)[C@@H](O)[C@@H](OC4)[C@H](NC(=O)c3csc1n3)c1nc(cs1)C(=O)N2. The van der Waals surface area contributed by atoms with Gasteiger partial charge in [0.1, 0.15) is 115 Å². The summed E-state index contributed by atoms with van der Waals surface area (Å²) in [6, 6.07) is 2.08. The van der Waals surface area contributed by atoms with Crippen LogP contribution in [0.15, 0.2) is 56.9 Å². The summed E-state index contributed by atoms with van der Waals surface area (Å²) in [5.74, 6) is -4.64. The smallest absolute Gasteiger partial charge is 0.358 e. The highest BCUT2D eigenvalue weighted by Gasteiger charge is 2.42. The van der Waals surface area contributed by atoms with Crippen LogP contribution >= 0.6 is 56.7 Å². The van der Waals surface area contributed by atoms with Gasteiger partial charge in [-0.15, -0.1) is 56.7 Å². The van der Waals surface area contributed by atoms with E-state index in [4.69, 9.17) is 43.6 Å². The summed E-state index contributed by atoms with van der Waals surface area (Å²) in [4.78, 5) is 102. The number of benzene rings is 1. The molecule has 8 aromatic rings. The summed E-state index contributed by atoms with van der Waals surface area (Å²) in [5.41, 5.74) is 1.37. The fraction of sp³-hybridized carbons (Fsp3) is 0.314. The molecule has 6 atom stereocenters. The van der Waals surface area contributed by atoms with E-state index in [1.165, 1.54) is 48.3 Å². The first-order chi connectivity index (χ1) is 39.4. The molecule has 11 rings (SSSR count). The predicted octanol–water partition coefficient (Wildman–Crippen LogP) is 4.58. The molecule has 0 fully saturated rings. The topological polar surface area (TPSA) is 346 Å². The van der Waals surface area contributed by atoms with Crippen LogP contribution in [0.5, 0.6) is 11.6 Å². The number of methoxy groups -OCH3 is 1. The number of fused-ring (bicyclic) bond motifs is 15. The number of carbonyl (C=O) groups is 5. The first-order valence-electron chi connectivity index (χ1n) is 24.8. The highest BCUT2D eigenvalue weighted by molar-refractivity contribution is 7.14. The van der Waals surface area contributed by atoms with Crippen LogP contribution in [-0.4, -0.2) is 149 Å². The van der Waals surface area contributed by atoms with Gasteiger partial charge in [-0.2, -0.15) is 4.73 Å². The second kappa shape index (κ2) is 23.2. The van der Waals surface area contributed by atoms with Crippen molar-refractivity contribution >= 4 is 103 Å². The Morgan fingerprint density at radius 1 is 0.841 bits per heavy atom. The number of ether oxygens (including phenoxy) is 5. The van der Waals surface area contributed by atoms with Gasteiger partial charge in [0.05, 0.1) is 36.4 Å². The molecule has 0 radical (unpaired) electrons. The zero-order valence-electron chi connectivity index (χ0n) is 43.7. The van der Waals surface area contributed by atoms with Crippen LogP contribution in [0.25, 0.3) is 49.3 Å². The van der Waals surface area contributed by atoms with E-state index in [1.807, 2.05) is 24.4 Å². The molecule has 426 valence electrons. The lowest BCUT2D eigenvalue weighted by Gasteiger charge is -2.30. The lowest BCUT2D eigenvalue weighted by molar-refractivity contribution is -0.166. The highest BCUT2D eigenvalue weighted by atomic mass is 32.1. The predicted molar refractivity (Wildman–Crippen MR) is 297 cm³/mol. The number of aliphatic hydroxyl groups excluding tert-OH is 2. The monoisotopic (exact) mass is 1210 g/mol. The lowest BCUT2D eigenvalue weighted by Crippen LogP contribution is -2.51. The van der Waals surface area contributed by atoms with Gasteiger partial charge in [-0.25, -0.2) is 39.5 Å². The molecule has 0 aliphatic carbocycles. The van der Waals surface area contributed by atoms with Crippen molar-refractivity contribution in [2.24, 2.45) is 0 Å². The second-order valence-electron chi connectivity index (χ2n) is 19.0. The Kier molecular flexibility index (Phi) is 15.8. The second-order valence-corrected chi connectivity index (χ2v) is 23.3. The van der Waals surface area contributed by atoms with E-state index < -0.39 is 91.6 Å². The van der Waals surface area contributed by atoms with E-state index in [1.54, 1.807) is 29.8 Å². The molecule has 0 saturated heterocycles. The normalized spacial score (nSPS) is 21.0. The Bertz CT molecular complexity index is 3840. The summed E-state index contributed by atoms with van der Waals surface area (Å²) in [7, 11) is 5.16. The van der Waals surface area contributed by atoms with E-state index >= 15 is 0 Å². The fourth-order valence-electron chi connectivity index (χ4n) is 9.15. The molecule has 0 spiro atoms. The van der Waals surface area contributed by atoms with Crippen molar-refractivity contribution in [1.29, 1.82) is 0 Å². The first kappa shape index (κ1) is 56.0. The maximum atomic E-state index is 14.6. The molecule has 10 heterocycles. The van der Waals surface area contributed by atoms with Gasteiger partial charge >= 0.3 is 11.9 Å². The zero-order valence-corrected chi connectivity index (χ0v) is 47.8. The van der Waals surface area contributed by atoms with Gasteiger partial charge in [-0.05, 0) is 45.6 Å². The van der Waals surface area contributed by atoms with Gasteiger partial charge in [-0.1, -0.05) is 12.1 Å². The molecule has 1 aromatic carbocycles. The van der Waals surface area contributed by atoms with Crippen LogP contribution in [0.3, 0.4) is 0 Å². The molecule has 31 heteroatoms. The Morgan fingerprint density at radius 2 is 1.57 bits per heavy atom. The van der Waals surface area contributed by atoms with Crippen LogP contribution in [-0.2, 0) is 48.3 Å². The van der Waals surface area contributed by atoms with Gasteiger partial charge in [0.2, 0.25) is 11.8 Å². The van der Waals surface area contributed by atoms with Crippen LogP contribution < -0.4 is 26.0 Å². The zero-order chi connectivity index (χ0) is 57.7. The first-order valence-corrected chi connectivity index (χ1v) is 29.2. The Morgan fingerprint density at radius 3 is 2.37 bits per heavy atom. The van der Waals surface area contributed by atoms with E-state index in [9.17, 15) is 44.5 Å². The van der Waals surface area contributed by atoms with Gasteiger partial charge in [0.15, 0.2) is 11.8 Å². The third-order valence-electron chi connectivity index (χ3n) is 13.2. The number of nitrogens with one attached hydrogen (secondary N) is 4. The third kappa shape index (κ3) is 11.0. The number of aliphatic hydroxyl groups is 2. The molecule has 26 nitrogen and oxygen atoms in total. The third-order valence-corrected chi connectivity index (χ3v) is 17.7. The van der Waals surface area contributed by atoms with Gasteiger partial charge in [0, 0.05) is 44.6 Å². The van der Waals surface area contributed by atoms with Crippen molar-refractivity contribution in [2.75, 3.05) is 34.5 Å². The van der Waals surface area contributed by atoms with Gasteiger partial charge in [0.25, 0.3) is 11.8 Å². The van der Waals surface area contributed by atoms with Gasteiger partial charge in [-0.3, -0.25) is 19.7 Å². The summed E-state index contributed by atoms with van der Waals surface area (Å²) in [6.45, 7) is 1.55. The van der Waals surface area contributed by atoms with Crippen molar-refractivity contribution < 1.29 is 68.2 Å². The molecule has 3 amide bonds. The van der Waals surface area contributed by atoms with E-state index in [0.717, 1.165) is 51.0 Å². The molecule has 8 N–H and O–H groups in total. The molecule has 7 aromatic heterocycles. The molecular weight excluding hydrogens is 1160 g/mol. The number of thiazole rings is 5. The number of amides is 3. The van der Waals surface area contributed by atoms with Crippen molar-refractivity contribution in [2.45, 2.75) is 70.0 Å². The quantitative estimate of drug-likeness (QED) is 0.0664. The molecule has 3 aliphatic rings. The van der Waals surface area contributed by atoms with Gasteiger partial charge < -0.3 is 65.1 Å². The number of hydrogen-bond acceptors (Lipinski definition) is 27. The van der Waals surface area contributed by atoms with Crippen LogP contribution in [0.1, 0.15) is 89.2 Å². The van der Waals surface area contributed by atoms with Crippen LogP contribution in [0, 0.1) is 0 Å². The molecule has 0 unspecified atom stereocenters. The largest absolute Gasteiger partial charge is 0.506 e. The van der Waals surface area contributed by atoms with Crippen LogP contribution in [0.4, 0.5) is 0 Å². The molecule has 0 saturated carbocycles.